The van der Waals surface area contributed by atoms with Crippen LogP contribution in [0.2, 0.25) is 0 Å². The van der Waals surface area contributed by atoms with Gasteiger partial charge in [-0.1, -0.05) is 38.0 Å². The van der Waals surface area contributed by atoms with E-state index in [0.717, 1.165) is 29.9 Å². The van der Waals surface area contributed by atoms with Crippen LogP contribution in [0.4, 0.5) is 0 Å². The van der Waals surface area contributed by atoms with Gasteiger partial charge in [0, 0.05) is 12.2 Å². The van der Waals surface area contributed by atoms with Crippen molar-refractivity contribution in [1.29, 1.82) is 0 Å². The number of ether oxygens (including phenoxy) is 2. The Labute approximate surface area is 121 Å². The molecule has 0 saturated heterocycles. The molecule has 0 amide bonds. The normalized spacial score (nSPS) is 9.95. The molecule has 1 rings (SSSR count). The number of aliphatic hydroxyl groups excluding tert-OH is 1. The summed E-state index contributed by atoms with van der Waals surface area (Å²) >= 11 is 0. The summed E-state index contributed by atoms with van der Waals surface area (Å²) in [6.45, 7) is 3.36. The summed E-state index contributed by atoms with van der Waals surface area (Å²) in [6, 6.07) is 5.71. The van der Waals surface area contributed by atoms with Gasteiger partial charge in [-0.15, -0.1) is 0 Å². The summed E-state index contributed by atoms with van der Waals surface area (Å²) in [4.78, 5) is 0. The molecule has 1 aromatic rings. The van der Waals surface area contributed by atoms with E-state index in [0.29, 0.717) is 6.61 Å². The number of hydrogen-bond donors (Lipinski definition) is 1. The standard InChI is InChI=1S/C17H24O3/c1-3-4-5-6-12-20-14-16-13-17(19-2)10-9-15(16)8-7-11-18/h9-10,13,18H,3-6,11-12,14H2,1-2H3. The first-order valence-corrected chi connectivity index (χ1v) is 7.16. The van der Waals surface area contributed by atoms with Crippen molar-refractivity contribution in [3.05, 3.63) is 29.3 Å². The molecule has 0 aliphatic heterocycles. The second-order valence-corrected chi connectivity index (χ2v) is 4.60. The van der Waals surface area contributed by atoms with E-state index >= 15 is 0 Å². The van der Waals surface area contributed by atoms with Gasteiger partial charge >= 0.3 is 0 Å². The SMILES string of the molecule is CCCCCCOCc1cc(OC)ccc1C#CCO. The van der Waals surface area contributed by atoms with E-state index in [4.69, 9.17) is 14.6 Å². The first-order chi connectivity index (χ1) is 9.81. The average molecular weight is 276 g/mol. The van der Waals surface area contributed by atoms with E-state index in [2.05, 4.69) is 18.8 Å². The van der Waals surface area contributed by atoms with Gasteiger partial charge in [0.05, 0.1) is 13.7 Å². The Hall–Kier alpha value is -1.50. The van der Waals surface area contributed by atoms with Gasteiger partial charge in [-0.2, -0.15) is 0 Å². The fourth-order valence-electron chi connectivity index (χ4n) is 1.89. The van der Waals surface area contributed by atoms with Gasteiger partial charge < -0.3 is 14.6 Å². The first-order valence-electron chi connectivity index (χ1n) is 7.16. The molecule has 0 aliphatic carbocycles. The Morgan fingerprint density at radius 3 is 2.75 bits per heavy atom. The predicted molar refractivity (Wildman–Crippen MR) is 80.8 cm³/mol. The van der Waals surface area contributed by atoms with Crippen LogP contribution in [0.1, 0.15) is 43.7 Å². The molecule has 0 bridgehead atoms. The van der Waals surface area contributed by atoms with Crippen LogP contribution in [0.3, 0.4) is 0 Å². The molecule has 110 valence electrons. The van der Waals surface area contributed by atoms with Crippen molar-refractivity contribution >= 4 is 0 Å². The van der Waals surface area contributed by atoms with E-state index < -0.39 is 0 Å². The Morgan fingerprint density at radius 2 is 2.05 bits per heavy atom. The van der Waals surface area contributed by atoms with Gasteiger partial charge in [0.15, 0.2) is 0 Å². The zero-order valence-corrected chi connectivity index (χ0v) is 12.4. The molecular formula is C17H24O3. The van der Waals surface area contributed by atoms with Crippen LogP contribution in [0.15, 0.2) is 18.2 Å². The monoisotopic (exact) mass is 276 g/mol. The zero-order valence-electron chi connectivity index (χ0n) is 12.4. The number of methoxy groups -OCH3 is 1. The molecule has 3 heteroatoms. The van der Waals surface area contributed by atoms with Gasteiger partial charge in [0.25, 0.3) is 0 Å². The molecule has 0 fully saturated rings. The van der Waals surface area contributed by atoms with Crippen molar-refractivity contribution in [1.82, 2.24) is 0 Å². The molecule has 0 aliphatic rings. The quantitative estimate of drug-likeness (QED) is 0.585. The summed E-state index contributed by atoms with van der Waals surface area (Å²) in [5, 5.41) is 8.79. The smallest absolute Gasteiger partial charge is 0.119 e. The van der Waals surface area contributed by atoms with Crippen molar-refractivity contribution in [2.45, 2.75) is 39.2 Å². The Morgan fingerprint density at radius 1 is 1.20 bits per heavy atom. The molecule has 1 aromatic carbocycles. The van der Waals surface area contributed by atoms with Crippen LogP contribution >= 0.6 is 0 Å². The lowest BCUT2D eigenvalue weighted by molar-refractivity contribution is 0.116. The summed E-state index contributed by atoms with van der Waals surface area (Å²) < 4.78 is 10.9. The van der Waals surface area contributed by atoms with E-state index in [-0.39, 0.29) is 6.61 Å². The second-order valence-electron chi connectivity index (χ2n) is 4.60. The number of unbranched alkanes of at least 4 members (excludes halogenated alkanes) is 3. The molecule has 20 heavy (non-hydrogen) atoms. The fraction of sp³-hybridized carbons (Fsp3) is 0.529. The van der Waals surface area contributed by atoms with Crippen molar-refractivity contribution in [3.63, 3.8) is 0 Å². The van der Waals surface area contributed by atoms with Crippen LogP contribution in [-0.4, -0.2) is 25.4 Å². The predicted octanol–water partition coefficient (Wildman–Crippen LogP) is 3.14. The Balaban J connectivity index is 2.56. The van der Waals surface area contributed by atoms with Crippen LogP contribution in [0.5, 0.6) is 5.75 Å². The van der Waals surface area contributed by atoms with Gasteiger partial charge in [-0.25, -0.2) is 0 Å². The number of hydrogen-bond acceptors (Lipinski definition) is 3. The van der Waals surface area contributed by atoms with Crippen LogP contribution in [0, 0.1) is 11.8 Å². The lowest BCUT2D eigenvalue weighted by atomic mass is 10.1. The summed E-state index contributed by atoms with van der Waals surface area (Å²) in [5.74, 6) is 6.41. The molecule has 0 unspecified atom stereocenters. The number of benzene rings is 1. The first kappa shape index (κ1) is 16.6. The highest BCUT2D eigenvalue weighted by Crippen LogP contribution is 2.18. The molecule has 3 nitrogen and oxygen atoms in total. The summed E-state index contributed by atoms with van der Waals surface area (Å²) in [6.07, 6.45) is 4.80. The second kappa shape index (κ2) is 10.3. The third-order valence-corrected chi connectivity index (χ3v) is 3.01. The van der Waals surface area contributed by atoms with Gasteiger partial charge in [-0.3, -0.25) is 0 Å². The zero-order chi connectivity index (χ0) is 14.6. The molecule has 0 aromatic heterocycles. The maximum atomic E-state index is 8.79. The van der Waals surface area contributed by atoms with E-state index in [1.807, 2.05) is 18.2 Å². The van der Waals surface area contributed by atoms with Gasteiger partial charge in [0.2, 0.25) is 0 Å². The molecule has 0 heterocycles. The van der Waals surface area contributed by atoms with Crippen LogP contribution < -0.4 is 4.74 Å². The lowest BCUT2D eigenvalue weighted by Crippen LogP contribution is -1.99. The summed E-state index contributed by atoms with van der Waals surface area (Å²) in [5.41, 5.74) is 1.88. The van der Waals surface area contributed by atoms with Crippen molar-refractivity contribution in [3.8, 4) is 17.6 Å². The minimum absolute atomic E-state index is 0.136. The maximum absolute atomic E-state index is 8.79. The topological polar surface area (TPSA) is 38.7 Å². The van der Waals surface area contributed by atoms with Gasteiger partial charge in [-0.05, 0) is 30.2 Å². The highest BCUT2D eigenvalue weighted by molar-refractivity contribution is 5.45. The van der Waals surface area contributed by atoms with E-state index in [1.165, 1.54) is 19.3 Å². The third-order valence-electron chi connectivity index (χ3n) is 3.01. The lowest BCUT2D eigenvalue weighted by Gasteiger charge is -2.09. The minimum Gasteiger partial charge on any atom is -0.497 e. The van der Waals surface area contributed by atoms with Crippen LogP contribution in [0.25, 0.3) is 0 Å². The van der Waals surface area contributed by atoms with Crippen LogP contribution in [-0.2, 0) is 11.3 Å². The van der Waals surface area contributed by atoms with Crippen molar-refractivity contribution < 1.29 is 14.6 Å². The van der Waals surface area contributed by atoms with Crippen molar-refractivity contribution in [2.75, 3.05) is 20.3 Å². The third kappa shape index (κ3) is 6.10. The average Bonchev–Trinajstić information content (AvgIpc) is 2.49. The molecule has 1 N–H and O–H groups in total. The molecule has 0 saturated carbocycles. The highest BCUT2D eigenvalue weighted by atomic mass is 16.5. The summed E-state index contributed by atoms with van der Waals surface area (Å²) in [7, 11) is 1.64. The number of rotatable bonds is 8. The highest BCUT2D eigenvalue weighted by Gasteiger charge is 2.03. The number of aliphatic hydroxyl groups is 1. The molecule has 0 atom stereocenters. The Kier molecular flexibility index (Phi) is 8.53. The van der Waals surface area contributed by atoms with Crippen molar-refractivity contribution in [2.24, 2.45) is 0 Å². The molecule has 0 radical (unpaired) electrons. The van der Waals surface area contributed by atoms with Gasteiger partial charge in [0.1, 0.15) is 12.4 Å². The minimum atomic E-state index is -0.136. The van der Waals surface area contributed by atoms with E-state index in [9.17, 15) is 0 Å². The fourth-order valence-corrected chi connectivity index (χ4v) is 1.89. The Bertz CT molecular complexity index is 443. The molecular weight excluding hydrogens is 252 g/mol. The largest absolute Gasteiger partial charge is 0.497 e. The van der Waals surface area contributed by atoms with E-state index in [1.54, 1.807) is 7.11 Å². The molecule has 0 spiro atoms. The maximum Gasteiger partial charge on any atom is 0.119 e.